The van der Waals surface area contributed by atoms with Crippen molar-refractivity contribution in [1.29, 1.82) is 0 Å². The zero-order valence-electron chi connectivity index (χ0n) is 15.9. The summed E-state index contributed by atoms with van der Waals surface area (Å²) in [6, 6.07) is 12.5. The van der Waals surface area contributed by atoms with E-state index >= 15 is 0 Å². The molecule has 0 saturated heterocycles. The van der Waals surface area contributed by atoms with Crippen molar-refractivity contribution in [2.45, 2.75) is 19.1 Å². The predicted octanol–water partition coefficient (Wildman–Crippen LogP) is 3.24. The Morgan fingerprint density at radius 2 is 1.75 bits per heavy atom. The quantitative estimate of drug-likeness (QED) is 0.680. The lowest BCUT2D eigenvalue weighted by molar-refractivity contribution is -0.127. The average molecular weight is 383 g/mol. The molecule has 0 spiro atoms. The van der Waals surface area contributed by atoms with E-state index in [-0.39, 0.29) is 11.7 Å². The number of aryl methyl sites for hydroxylation is 1. The van der Waals surface area contributed by atoms with Gasteiger partial charge in [-0.3, -0.25) is 4.79 Å². The van der Waals surface area contributed by atoms with Crippen molar-refractivity contribution in [2.24, 2.45) is 7.05 Å². The summed E-state index contributed by atoms with van der Waals surface area (Å²) in [5.74, 6) is 1.16. The second-order valence-corrected chi connectivity index (χ2v) is 6.33. The summed E-state index contributed by atoms with van der Waals surface area (Å²) in [6.45, 7) is 1.64. The lowest BCUT2D eigenvalue weighted by Gasteiger charge is -2.22. The van der Waals surface area contributed by atoms with Gasteiger partial charge < -0.3 is 19.4 Å². The molecule has 146 valence electrons. The molecule has 1 amide bonds. The molecule has 2 atom stereocenters. The topological polar surface area (TPSA) is 65.4 Å². The van der Waals surface area contributed by atoms with Crippen LogP contribution >= 0.6 is 0 Å². The van der Waals surface area contributed by atoms with Gasteiger partial charge in [-0.2, -0.15) is 0 Å². The number of halogens is 1. The maximum absolute atomic E-state index is 13.0. The van der Waals surface area contributed by atoms with Gasteiger partial charge in [-0.1, -0.05) is 12.1 Å². The number of rotatable bonds is 7. The molecule has 0 radical (unpaired) electrons. The molecule has 1 N–H and O–H groups in total. The Labute approximate surface area is 162 Å². The van der Waals surface area contributed by atoms with Crippen LogP contribution in [0.2, 0.25) is 0 Å². The Hall–Kier alpha value is -3.35. The van der Waals surface area contributed by atoms with Crippen LogP contribution in [0.25, 0.3) is 0 Å². The van der Waals surface area contributed by atoms with Crippen LogP contribution in [0, 0.1) is 5.82 Å². The van der Waals surface area contributed by atoms with Crippen LogP contribution in [0.4, 0.5) is 4.39 Å². The minimum Gasteiger partial charge on any atom is -0.497 e. The molecule has 0 fully saturated rings. The number of benzene rings is 2. The first-order valence-electron chi connectivity index (χ1n) is 8.81. The number of ether oxygens (including phenoxy) is 2. The summed E-state index contributed by atoms with van der Waals surface area (Å²) in [7, 11) is 3.46. The number of hydrogen-bond donors (Lipinski definition) is 1. The molecule has 3 rings (SSSR count). The number of amides is 1. The van der Waals surface area contributed by atoms with Crippen molar-refractivity contribution in [3.05, 3.63) is 78.1 Å². The molecule has 0 aliphatic rings. The highest BCUT2D eigenvalue weighted by Crippen LogP contribution is 2.23. The van der Waals surface area contributed by atoms with Gasteiger partial charge in [0.1, 0.15) is 29.2 Å². The third kappa shape index (κ3) is 4.49. The highest BCUT2D eigenvalue weighted by Gasteiger charge is 2.24. The van der Waals surface area contributed by atoms with E-state index < -0.39 is 12.1 Å². The van der Waals surface area contributed by atoms with Crippen LogP contribution < -0.4 is 14.8 Å². The fourth-order valence-corrected chi connectivity index (χ4v) is 2.78. The van der Waals surface area contributed by atoms with Gasteiger partial charge in [0.2, 0.25) is 0 Å². The summed E-state index contributed by atoms with van der Waals surface area (Å²) in [4.78, 5) is 17.1. The molecule has 2 aromatic carbocycles. The van der Waals surface area contributed by atoms with Gasteiger partial charge in [-0.15, -0.1) is 0 Å². The van der Waals surface area contributed by atoms with E-state index in [0.717, 1.165) is 11.3 Å². The standard InChI is InChI=1S/C21H22FN3O3/c1-14(28-18-10-6-16(22)7-11-18)21(26)24-19(20-23-12-13-25(20)2)15-4-8-17(27-3)9-5-15/h4-14,19H,1-3H3,(H,24,26)/t14-,19-/m0/s1. The van der Waals surface area contributed by atoms with Crippen LogP contribution in [-0.4, -0.2) is 28.7 Å². The number of imidazole rings is 1. The molecule has 0 aliphatic heterocycles. The molecule has 1 aromatic heterocycles. The van der Waals surface area contributed by atoms with E-state index in [4.69, 9.17) is 9.47 Å². The van der Waals surface area contributed by atoms with Crippen LogP contribution in [0.15, 0.2) is 60.9 Å². The van der Waals surface area contributed by atoms with Gasteiger partial charge in [0, 0.05) is 19.4 Å². The Bertz CT molecular complexity index is 923. The molecule has 0 unspecified atom stereocenters. The first-order valence-corrected chi connectivity index (χ1v) is 8.81. The van der Waals surface area contributed by atoms with Crippen LogP contribution in [-0.2, 0) is 11.8 Å². The molecule has 0 bridgehead atoms. The number of nitrogens with one attached hydrogen (secondary N) is 1. The average Bonchev–Trinajstić information content (AvgIpc) is 3.13. The summed E-state index contributed by atoms with van der Waals surface area (Å²) in [5.41, 5.74) is 0.859. The van der Waals surface area contributed by atoms with Gasteiger partial charge in [0.05, 0.1) is 7.11 Å². The monoisotopic (exact) mass is 383 g/mol. The summed E-state index contributed by atoms with van der Waals surface area (Å²) < 4.78 is 25.7. The number of hydrogen-bond acceptors (Lipinski definition) is 4. The minimum absolute atomic E-state index is 0.312. The fraction of sp³-hybridized carbons (Fsp3) is 0.238. The molecule has 0 saturated carbocycles. The van der Waals surface area contributed by atoms with E-state index in [2.05, 4.69) is 10.3 Å². The van der Waals surface area contributed by atoms with E-state index in [1.54, 1.807) is 20.2 Å². The third-order valence-electron chi connectivity index (χ3n) is 4.35. The lowest BCUT2D eigenvalue weighted by atomic mass is 10.1. The summed E-state index contributed by atoms with van der Waals surface area (Å²) >= 11 is 0. The van der Waals surface area contributed by atoms with E-state index in [1.807, 2.05) is 42.1 Å². The minimum atomic E-state index is -0.772. The van der Waals surface area contributed by atoms with Crippen LogP contribution in [0.3, 0.4) is 0 Å². The Morgan fingerprint density at radius 1 is 1.11 bits per heavy atom. The Kier molecular flexibility index (Phi) is 5.93. The van der Waals surface area contributed by atoms with Crippen molar-refractivity contribution in [3.8, 4) is 11.5 Å². The SMILES string of the molecule is COc1ccc([C@H](NC(=O)[C@H](C)Oc2ccc(F)cc2)c2nccn2C)cc1. The second-order valence-electron chi connectivity index (χ2n) is 6.33. The lowest BCUT2D eigenvalue weighted by Crippen LogP contribution is -2.39. The highest BCUT2D eigenvalue weighted by atomic mass is 19.1. The first kappa shape index (κ1) is 19.4. The summed E-state index contributed by atoms with van der Waals surface area (Å²) in [5, 5.41) is 2.98. The first-order chi connectivity index (χ1) is 13.5. The van der Waals surface area contributed by atoms with E-state index in [0.29, 0.717) is 11.6 Å². The number of carbonyl (C=O) groups excluding carboxylic acids is 1. The molecular formula is C21H22FN3O3. The van der Waals surface area contributed by atoms with E-state index in [1.165, 1.54) is 24.3 Å². The maximum atomic E-state index is 13.0. The van der Waals surface area contributed by atoms with Crippen LogP contribution in [0.1, 0.15) is 24.4 Å². The number of nitrogens with zero attached hydrogens (tertiary/aromatic N) is 2. The van der Waals surface area contributed by atoms with Gasteiger partial charge in [0.25, 0.3) is 5.91 Å². The number of aromatic nitrogens is 2. The molecule has 7 heteroatoms. The van der Waals surface area contributed by atoms with Crippen molar-refractivity contribution in [3.63, 3.8) is 0 Å². The molecular weight excluding hydrogens is 361 g/mol. The van der Waals surface area contributed by atoms with Crippen molar-refractivity contribution in [2.75, 3.05) is 7.11 Å². The molecule has 28 heavy (non-hydrogen) atoms. The van der Waals surface area contributed by atoms with E-state index in [9.17, 15) is 9.18 Å². The zero-order chi connectivity index (χ0) is 20.1. The zero-order valence-corrected chi connectivity index (χ0v) is 15.9. The van der Waals surface area contributed by atoms with Gasteiger partial charge in [0.15, 0.2) is 6.10 Å². The smallest absolute Gasteiger partial charge is 0.261 e. The molecule has 3 aromatic rings. The van der Waals surface area contributed by atoms with Crippen LogP contribution in [0.5, 0.6) is 11.5 Å². The largest absolute Gasteiger partial charge is 0.497 e. The summed E-state index contributed by atoms with van der Waals surface area (Å²) in [6.07, 6.45) is 2.72. The normalized spacial score (nSPS) is 12.9. The van der Waals surface area contributed by atoms with Gasteiger partial charge in [-0.05, 0) is 48.9 Å². The van der Waals surface area contributed by atoms with Crippen molar-refractivity contribution < 1.29 is 18.7 Å². The van der Waals surface area contributed by atoms with Gasteiger partial charge >= 0.3 is 0 Å². The molecule has 6 nitrogen and oxygen atoms in total. The maximum Gasteiger partial charge on any atom is 0.261 e. The third-order valence-corrected chi connectivity index (χ3v) is 4.35. The Balaban J connectivity index is 1.79. The molecule has 0 aliphatic carbocycles. The highest BCUT2D eigenvalue weighted by molar-refractivity contribution is 5.81. The predicted molar refractivity (Wildman–Crippen MR) is 103 cm³/mol. The Morgan fingerprint density at radius 3 is 2.32 bits per heavy atom. The van der Waals surface area contributed by atoms with Crippen molar-refractivity contribution >= 4 is 5.91 Å². The fourth-order valence-electron chi connectivity index (χ4n) is 2.78. The van der Waals surface area contributed by atoms with Crippen molar-refractivity contribution in [1.82, 2.24) is 14.9 Å². The second kappa shape index (κ2) is 8.56. The number of methoxy groups -OCH3 is 1. The number of carbonyl (C=O) groups is 1. The van der Waals surface area contributed by atoms with Gasteiger partial charge in [-0.25, -0.2) is 9.37 Å². The molecule has 1 heterocycles.